The molecule has 0 aliphatic rings. The third-order valence-corrected chi connectivity index (χ3v) is 3.10. The van der Waals surface area contributed by atoms with Gasteiger partial charge in [-0.25, -0.2) is 0 Å². The first-order chi connectivity index (χ1) is 9.65. The van der Waals surface area contributed by atoms with Crippen LogP contribution < -0.4 is 15.4 Å². The smallest absolute Gasteiger partial charge is 0.190 e. The first-order valence-corrected chi connectivity index (χ1v) is 7.23. The molecule has 0 aliphatic heterocycles. The summed E-state index contributed by atoms with van der Waals surface area (Å²) in [5, 5.41) is 6.65. The number of nitrogens with zero attached hydrogens (tertiary/aromatic N) is 1. The van der Waals surface area contributed by atoms with Crippen LogP contribution in [0.25, 0.3) is 0 Å². The Kier molecular flexibility index (Phi) is 7.55. The molecule has 1 rings (SSSR count). The second-order valence-corrected chi connectivity index (χ2v) is 5.21. The van der Waals surface area contributed by atoms with E-state index in [2.05, 4.69) is 41.6 Å². The van der Waals surface area contributed by atoms with Gasteiger partial charge in [-0.1, -0.05) is 26.0 Å². The molecule has 1 aromatic rings. The monoisotopic (exact) mass is 277 g/mol. The Bertz CT molecular complexity index is 399. The molecular weight excluding hydrogens is 250 g/mol. The maximum Gasteiger partial charge on any atom is 0.190 e. The highest BCUT2D eigenvalue weighted by molar-refractivity contribution is 5.79. The molecule has 4 nitrogen and oxygen atoms in total. The average molecular weight is 277 g/mol. The summed E-state index contributed by atoms with van der Waals surface area (Å²) in [5.41, 5.74) is 1.29. The topological polar surface area (TPSA) is 45.7 Å². The summed E-state index contributed by atoms with van der Waals surface area (Å²) < 4.78 is 5.15. The molecule has 0 atom stereocenters. The van der Waals surface area contributed by atoms with Crippen molar-refractivity contribution in [2.75, 3.05) is 27.2 Å². The zero-order valence-electron chi connectivity index (χ0n) is 13.1. The molecule has 0 aromatic heterocycles. The molecule has 112 valence electrons. The zero-order chi connectivity index (χ0) is 14.8. The number of rotatable bonds is 7. The van der Waals surface area contributed by atoms with E-state index in [4.69, 9.17) is 4.74 Å². The van der Waals surface area contributed by atoms with Crippen LogP contribution in [0.1, 0.15) is 25.8 Å². The fourth-order valence-electron chi connectivity index (χ4n) is 1.82. The van der Waals surface area contributed by atoms with Crippen molar-refractivity contribution >= 4 is 5.96 Å². The van der Waals surface area contributed by atoms with Crippen molar-refractivity contribution in [2.45, 2.75) is 26.7 Å². The maximum absolute atomic E-state index is 5.15. The molecule has 0 spiro atoms. The van der Waals surface area contributed by atoms with Crippen molar-refractivity contribution in [1.82, 2.24) is 10.6 Å². The van der Waals surface area contributed by atoms with Crippen molar-refractivity contribution in [3.63, 3.8) is 0 Å². The van der Waals surface area contributed by atoms with Crippen LogP contribution in [0.15, 0.2) is 29.3 Å². The van der Waals surface area contributed by atoms with Gasteiger partial charge in [-0.05, 0) is 36.5 Å². The van der Waals surface area contributed by atoms with Gasteiger partial charge in [0.15, 0.2) is 5.96 Å². The molecular formula is C16H27N3O. The zero-order valence-corrected chi connectivity index (χ0v) is 13.1. The lowest BCUT2D eigenvalue weighted by Crippen LogP contribution is -2.39. The van der Waals surface area contributed by atoms with Crippen molar-refractivity contribution in [3.05, 3.63) is 29.8 Å². The van der Waals surface area contributed by atoms with E-state index >= 15 is 0 Å². The summed E-state index contributed by atoms with van der Waals surface area (Å²) in [6.45, 7) is 6.27. The highest BCUT2D eigenvalue weighted by atomic mass is 16.5. The van der Waals surface area contributed by atoms with E-state index in [-0.39, 0.29) is 0 Å². The van der Waals surface area contributed by atoms with E-state index in [1.54, 1.807) is 14.2 Å². The van der Waals surface area contributed by atoms with E-state index in [9.17, 15) is 0 Å². The van der Waals surface area contributed by atoms with Gasteiger partial charge in [-0.2, -0.15) is 0 Å². The Morgan fingerprint density at radius 3 is 2.35 bits per heavy atom. The molecule has 0 saturated heterocycles. The lowest BCUT2D eigenvalue weighted by molar-refractivity contribution is 0.414. The van der Waals surface area contributed by atoms with Crippen LogP contribution in [0.4, 0.5) is 0 Å². The Hall–Kier alpha value is -1.71. The normalized spacial score (nSPS) is 11.6. The van der Waals surface area contributed by atoms with Crippen LogP contribution in [0.3, 0.4) is 0 Å². The standard InChI is InChI=1S/C16H27N3O/c1-13(2)9-11-18-16(17-3)19-12-10-14-5-7-15(20-4)8-6-14/h5-8,13H,9-12H2,1-4H3,(H2,17,18,19). The van der Waals surface area contributed by atoms with Gasteiger partial charge in [0.1, 0.15) is 5.75 Å². The van der Waals surface area contributed by atoms with E-state index in [1.807, 2.05) is 12.1 Å². The predicted octanol–water partition coefficient (Wildman–Crippen LogP) is 2.45. The Morgan fingerprint density at radius 1 is 1.15 bits per heavy atom. The molecule has 0 aliphatic carbocycles. The molecule has 4 heteroatoms. The molecule has 20 heavy (non-hydrogen) atoms. The van der Waals surface area contributed by atoms with Gasteiger partial charge in [0, 0.05) is 20.1 Å². The van der Waals surface area contributed by atoms with E-state index in [1.165, 1.54) is 5.56 Å². The quantitative estimate of drug-likeness (QED) is 0.594. The number of hydrogen-bond donors (Lipinski definition) is 2. The summed E-state index contributed by atoms with van der Waals surface area (Å²) in [6, 6.07) is 8.17. The molecule has 1 aromatic carbocycles. The molecule has 0 saturated carbocycles. The van der Waals surface area contributed by atoms with Gasteiger partial charge in [-0.3, -0.25) is 4.99 Å². The van der Waals surface area contributed by atoms with Gasteiger partial charge < -0.3 is 15.4 Å². The van der Waals surface area contributed by atoms with Crippen LogP contribution in [-0.4, -0.2) is 33.2 Å². The summed E-state index contributed by atoms with van der Waals surface area (Å²) in [6.07, 6.45) is 2.12. The van der Waals surface area contributed by atoms with Crippen LogP contribution in [0.2, 0.25) is 0 Å². The van der Waals surface area contributed by atoms with Gasteiger partial charge in [0.05, 0.1) is 7.11 Å². The predicted molar refractivity (Wildman–Crippen MR) is 85.5 cm³/mol. The van der Waals surface area contributed by atoms with Gasteiger partial charge >= 0.3 is 0 Å². The largest absolute Gasteiger partial charge is 0.497 e. The van der Waals surface area contributed by atoms with Crippen molar-refractivity contribution in [1.29, 1.82) is 0 Å². The number of methoxy groups -OCH3 is 1. The van der Waals surface area contributed by atoms with Crippen molar-refractivity contribution in [2.24, 2.45) is 10.9 Å². The molecule has 0 unspecified atom stereocenters. The van der Waals surface area contributed by atoms with Crippen molar-refractivity contribution < 1.29 is 4.74 Å². The lowest BCUT2D eigenvalue weighted by atomic mass is 10.1. The Balaban J connectivity index is 2.26. The van der Waals surface area contributed by atoms with E-state index < -0.39 is 0 Å². The second-order valence-electron chi connectivity index (χ2n) is 5.21. The minimum absolute atomic E-state index is 0.708. The SMILES string of the molecule is CN=C(NCCc1ccc(OC)cc1)NCCC(C)C. The summed E-state index contributed by atoms with van der Waals surface area (Å²) in [4.78, 5) is 4.22. The minimum atomic E-state index is 0.708. The van der Waals surface area contributed by atoms with Crippen LogP contribution in [0, 0.1) is 5.92 Å². The summed E-state index contributed by atoms with van der Waals surface area (Å²) in [7, 11) is 3.49. The van der Waals surface area contributed by atoms with E-state index in [0.717, 1.165) is 37.6 Å². The number of aliphatic imine (C=N–C) groups is 1. The first kappa shape index (κ1) is 16.3. The number of nitrogens with one attached hydrogen (secondary N) is 2. The van der Waals surface area contributed by atoms with Crippen LogP contribution in [0.5, 0.6) is 5.75 Å². The highest BCUT2D eigenvalue weighted by Crippen LogP contribution is 2.11. The Labute approximate surface area is 122 Å². The molecule has 0 radical (unpaired) electrons. The Morgan fingerprint density at radius 2 is 1.80 bits per heavy atom. The average Bonchev–Trinajstić information content (AvgIpc) is 2.46. The molecule has 0 heterocycles. The van der Waals surface area contributed by atoms with Crippen molar-refractivity contribution in [3.8, 4) is 5.75 Å². The first-order valence-electron chi connectivity index (χ1n) is 7.23. The summed E-state index contributed by atoms with van der Waals surface area (Å²) in [5.74, 6) is 2.48. The number of hydrogen-bond acceptors (Lipinski definition) is 2. The third kappa shape index (κ3) is 6.45. The van der Waals surface area contributed by atoms with Gasteiger partial charge in [-0.15, -0.1) is 0 Å². The third-order valence-electron chi connectivity index (χ3n) is 3.10. The molecule has 0 amide bonds. The van der Waals surface area contributed by atoms with Crippen LogP contribution in [-0.2, 0) is 6.42 Å². The fraction of sp³-hybridized carbons (Fsp3) is 0.562. The maximum atomic E-state index is 5.15. The van der Waals surface area contributed by atoms with E-state index in [0.29, 0.717) is 5.92 Å². The number of benzene rings is 1. The molecule has 0 bridgehead atoms. The second kappa shape index (κ2) is 9.23. The fourth-order valence-corrected chi connectivity index (χ4v) is 1.82. The highest BCUT2D eigenvalue weighted by Gasteiger charge is 1.99. The van der Waals surface area contributed by atoms with Gasteiger partial charge in [0.25, 0.3) is 0 Å². The summed E-state index contributed by atoms with van der Waals surface area (Å²) >= 11 is 0. The number of guanidine groups is 1. The van der Waals surface area contributed by atoms with Gasteiger partial charge in [0.2, 0.25) is 0 Å². The van der Waals surface area contributed by atoms with Crippen LogP contribution >= 0.6 is 0 Å². The molecule has 0 fully saturated rings. The number of ether oxygens (including phenoxy) is 1. The molecule has 2 N–H and O–H groups in total. The minimum Gasteiger partial charge on any atom is -0.497 e. The lowest BCUT2D eigenvalue weighted by Gasteiger charge is -2.13.